The molecule has 0 fully saturated rings. The smallest absolute Gasteiger partial charge is 0.221 e. The molecule has 0 bridgehead atoms. The Kier molecular flexibility index (Phi) is 2.12. The number of carbonyl (C=O) groups is 3. The number of ketones is 2. The van der Waals surface area contributed by atoms with Gasteiger partial charge in [0.25, 0.3) is 0 Å². The van der Waals surface area contributed by atoms with Gasteiger partial charge in [-0.25, -0.2) is 0 Å². The van der Waals surface area contributed by atoms with Crippen LogP contribution in [0, 0.1) is 0 Å². The minimum Gasteiger partial charge on any atom is -0.323 e. The van der Waals surface area contributed by atoms with E-state index in [0.717, 1.165) is 6.08 Å². The zero-order valence-electron chi connectivity index (χ0n) is 7.92. The average Bonchev–Trinajstić information content (AvgIpc) is 2.61. The highest BCUT2D eigenvalue weighted by Gasteiger charge is 2.32. The number of hydrogen-bond acceptors (Lipinski definition) is 5. The molecule has 0 aromatic heterocycles. The lowest BCUT2D eigenvalue weighted by Crippen LogP contribution is -2.31. The third kappa shape index (κ3) is 1.55. The predicted octanol–water partition coefficient (Wildman–Crippen LogP) is -1.05. The van der Waals surface area contributed by atoms with Crippen molar-refractivity contribution >= 4 is 17.5 Å². The maximum Gasteiger partial charge on any atom is 0.221 e. The van der Waals surface area contributed by atoms with Crippen molar-refractivity contribution in [3.8, 4) is 0 Å². The Hall–Kier alpha value is -1.95. The van der Waals surface area contributed by atoms with Crippen molar-refractivity contribution in [1.82, 2.24) is 10.8 Å². The highest BCUT2D eigenvalue weighted by atomic mass is 16.6. The van der Waals surface area contributed by atoms with Gasteiger partial charge in [-0.15, -0.1) is 0 Å². The summed E-state index contributed by atoms with van der Waals surface area (Å²) in [5.74, 6) is -1.14. The molecule has 78 valence electrons. The van der Waals surface area contributed by atoms with E-state index in [1.807, 2.05) is 0 Å². The summed E-state index contributed by atoms with van der Waals surface area (Å²) in [5.41, 5.74) is 2.78. The molecule has 2 aliphatic rings. The minimum absolute atomic E-state index is 0.00134. The molecule has 0 saturated carbocycles. The van der Waals surface area contributed by atoms with Crippen molar-refractivity contribution < 1.29 is 19.2 Å². The Morgan fingerprint density at radius 3 is 2.93 bits per heavy atom. The number of nitrogens with one attached hydrogen (secondary N) is 2. The molecule has 1 aliphatic carbocycles. The molecule has 1 aliphatic heterocycles. The molecule has 1 heterocycles. The third-order valence-electron chi connectivity index (χ3n) is 2.04. The van der Waals surface area contributed by atoms with Crippen LogP contribution in [-0.2, 0) is 19.2 Å². The summed E-state index contributed by atoms with van der Waals surface area (Å²) < 4.78 is 0. The fourth-order valence-corrected chi connectivity index (χ4v) is 1.41. The van der Waals surface area contributed by atoms with E-state index in [-0.39, 0.29) is 35.1 Å². The van der Waals surface area contributed by atoms with Crippen molar-refractivity contribution in [2.45, 2.75) is 6.92 Å². The topological polar surface area (TPSA) is 84.5 Å². The van der Waals surface area contributed by atoms with Crippen molar-refractivity contribution in [2.75, 3.05) is 6.61 Å². The molecule has 15 heavy (non-hydrogen) atoms. The average molecular weight is 208 g/mol. The van der Waals surface area contributed by atoms with Gasteiger partial charge in [-0.1, -0.05) is 0 Å². The van der Waals surface area contributed by atoms with E-state index < -0.39 is 5.91 Å². The van der Waals surface area contributed by atoms with E-state index in [0.29, 0.717) is 0 Å². The van der Waals surface area contributed by atoms with Gasteiger partial charge in [-0.3, -0.25) is 24.7 Å². The van der Waals surface area contributed by atoms with Crippen LogP contribution in [0.2, 0.25) is 0 Å². The Bertz CT molecular complexity index is 433. The van der Waals surface area contributed by atoms with E-state index in [1.54, 1.807) is 0 Å². The van der Waals surface area contributed by atoms with E-state index in [9.17, 15) is 14.4 Å². The summed E-state index contributed by atoms with van der Waals surface area (Å²) >= 11 is 0. The van der Waals surface area contributed by atoms with Crippen LogP contribution in [0.4, 0.5) is 0 Å². The number of allylic oxidation sites excluding steroid dienone is 2. The van der Waals surface area contributed by atoms with Crippen LogP contribution in [0.5, 0.6) is 0 Å². The standard InChI is InChI=1S/C9H8N2O4/c1-4(12)10-6-2-7(13)8-5(9(6)14)3-15-11-8/h2,11H,3H2,1H3,(H,10,12). The van der Waals surface area contributed by atoms with Crippen LogP contribution in [0.3, 0.4) is 0 Å². The first-order chi connectivity index (χ1) is 7.09. The molecule has 0 radical (unpaired) electrons. The molecule has 6 nitrogen and oxygen atoms in total. The first-order valence-electron chi connectivity index (χ1n) is 4.29. The van der Waals surface area contributed by atoms with Gasteiger partial charge in [-0.2, -0.15) is 0 Å². The van der Waals surface area contributed by atoms with Crippen LogP contribution in [0.25, 0.3) is 0 Å². The lowest BCUT2D eigenvalue weighted by atomic mass is 9.99. The van der Waals surface area contributed by atoms with Crippen LogP contribution < -0.4 is 10.8 Å². The number of hydrogen-bond donors (Lipinski definition) is 2. The molecule has 0 aromatic rings. The molecule has 1 amide bonds. The molecular formula is C9H8N2O4. The fraction of sp³-hybridized carbons (Fsp3) is 0.222. The van der Waals surface area contributed by atoms with Gasteiger partial charge in [-0.05, 0) is 0 Å². The summed E-state index contributed by atoms with van der Waals surface area (Å²) in [7, 11) is 0. The number of rotatable bonds is 1. The van der Waals surface area contributed by atoms with Gasteiger partial charge < -0.3 is 5.32 Å². The van der Waals surface area contributed by atoms with E-state index in [4.69, 9.17) is 4.84 Å². The van der Waals surface area contributed by atoms with Gasteiger partial charge in [0.15, 0.2) is 0 Å². The van der Waals surface area contributed by atoms with Gasteiger partial charge in [0.2, 0.25) is 17.5 Å². The van der Waals surface area contributed by atoms with Crippen LogP contribution in [-0.4, -0.2) is 24.1 Å². The maximum absolute atomic E-state index is 11.7. The van der Waals surface area contributed by atoms with E-state index in [1.165, 1.54) is 6.92 Å². The summed E-state index contributed by atoms with van der Waals surface area (Å²) in [4.78, 5) is 38.7. The van der Waals surface area contributed by atoms with Crippen molar-refractivity contribution in [3.63, 3.8) is 0 Å². The second-order valence-electron chi connectivity index (χ2n) is 3.18. The monoisotopic (exact) mass is 208 g/mol. The van der Waals surface area contributed by atoms with E-state index in [2.05, 4.69) is 10.8 Å². The molecule has 0 spiro atoms. The fourth-order valence-electron chi connectivity index (χ4n) is 1.41. The number of Topliss-reactive ketones (excluding diaryl/α,β-unsaturated/α-hetero) is 1. The van der Waals surface area contributed by atoms with Crippen LogP contribution in [0.1, 0.15) is 6.92 Å². The molecule has 0 atom stereocenters. The highest BCUT2D eigenvalue weighted by Crippen LogP contribution is 2.20. The summed E-state index contributed by atoms with van der Waals surface area (Å²) in [6, 6.07) is 0. The first kappa shape index (κ1) is 9.60. The predicted molar refractivity (Wildman–Crippen MR) is 48.0 cm³/mol. The first-order valence-corrected chi connectivity index (χ1v) is 4.29. The second-order valence-corrected chi connectivity index (χ2v) is 3.18. The van der Waals surface area contributed by atoms with Gasteiger partial charge in [0.05, 0.1) is 11.3 Å². The van der Waals surface area contributed by atoms with Crippen molar-refractivity contribution in [2.24, 2.45) is 0 Å². The number of carbonyl (C=O) groups excluding carboxylic acids is 3. The summed E-state index contributed by atoms with van der Waals surface area (Å²) in [6.07, 6.45) is 1.09. The van der Waals surface area contributed by atoms with Crippen LogP contribution in [0.15, 0.2) is 23.0 Å². The SMILES string of the molecule is CC(=O)NC1=CC(=O)C2=C(CON2)C1=O. The van der Waals surface area contributed by atoms with Gasteiger partial charge in [0, 0.05) is 13.0 Å². The zero-order chi connectivity index (χ0) is 11.0. The lowest BCUT2D eigenvalue weighted by molar-refractivity contribution is -0.121. The Morgan fingerprint density at radius 2 is 2.27 bits per heavy atom. The Morgan fingerprint density at radius 1 is 1.53 bits per heavy atom. The minimum atomic E-state index is -0.390. The molecule has 2 rings (SSSR count). The lowest BCUT2D eigenvalue weighted by Gasteiger charge is -2.11. The molecule has 0 saturated heterocycles. The maximum atomic E-state index is 11.7. The summed E-state index contributed by atoms with van der Waals surface area (Å²) in [6.45, 7) is 1.31. The Labute approximate surface area is 84.9 Å². The molecule has 0 aromatic carbocycles. The normalized spacial score (nSPS) is 19.7. The van der Waals surface area contributed by atoms with E-state index >= 15 is 0 Å². The van der Waals surface area contributed by atoms with Crippen LogP contribution >= 0.6 is 0 Å². The summed E-state index contributed by atoms with van der Waals surface area (Å²) in [5, 5.41) is 2.31. The van der Waals surface area contributed by atoms with Gasteiger partial charge >= 0.3 is 0 Å². The second kappa shape index (κ2) is 3.32. The Balaban J connectivity index is 2.31. The number of amides is 1. The molecule has 6 heteroatoms. The van der Waals surface area contributed by atoms with Crippen molar-refractivity contribution in [1.29, 1.82) is 0 Å². The molecule has 2 N–H and O–H groups in total. The zero-order valence-corrected chi connectivity index (χ0v) is 7.92. The number of hydroxylamine groups is 1. The van der Waals surface area contributed by atoms with Gasteiger partial charge in [0.1, 0.15) is 12.3 Å². The molecular weight excluding hydrogens is 200 g/mol. The van der Waals surface area contributed by atoms with Crippen molar-refractivity contribution in [3.05, 3.63) is 23.0 Å². The molecule has 0 unspecified atom stereocenters. The third-order valence-corrected chi connectivity index (χ3v) is 2.04. The quantitative estimate of drug-likeness (QED) is 0.537. The highest BCUT2D eigenvalue weighted by molar-refractivity contribution is 6.23. The largest absolute Gasteiger partial charge is 0.323 e.